The largest absolute Gasteiger partial charge is 0.347 e. The monoisotopic (exact) mass is 280 g/mol. The fourth-order valence-electron chi connectivity index (χ4n) is 1.70. The number of nitrogens with one attached hydrogen (secondary N) is 2. The summed E-state index contributed by atoms with van der Waals surface area (Å²) in [7, 11) is -3.57. The van der Waals surface area contributed by atoms with E-state index in [1.165, 1.54) is 0 Å². The molecule has 1 heterocycles. The first-order chi connectivity index (χ1) is 9.03. The number of aromatic amines is 1. The summed E-state index contributed by atoms with van der Waals surface area (Å²) in [5, 5.41) is 0. The molecule has 0 atom stereocenters. The van der Waals surface area contributed by atoms with Crippen molar-refractivity contribution >= 4 is 10.0 Å². The normalized spacial score (nSPS) is 11.7. The van der Waals surface area contributed by atoms with E-state index in [1.54, 1.807) is 31.5 Å². The topological polar surface area (TPSA) is 101 Å². The van der Waals surface area contributed by atoms with E-state index in [0.29, 0.717) is 17.9 Å². The molecular formula is C12H16N4O2S. The number of nitrogens with two attached hydrogens (primary N) is 1. The number of hydrogen-bond acceptors (Lipinski definition) is 4. The fourth-order valence-corrected chi connectivity index (χ4v) is 2.98. The van der Waals surface area contributed by atoms with Crippen molar-refractivity contribution in [3.05, 3.63) is 47.5 Å². The van der Waals surface area contributed by atoms with Crippen LogP contribution in [0.25, 0.3) is 0 Å². The van der Waals surface area contributed by atoms with Gasteiger partial charge in [-0.25, -0.2) is 18.1 Å². The molecule has 19 heavy (non-hydrogen) atoms. The second kappa shape index (κ2) is 5.52. The Morgan fingerprint density at radius 3 is 2.84 bits per heavy atom. The molecule has 2 aromatic rings. The quantitative estimate of drug-likeness (QED) is 0.748. The molecule has 0 saturated heterocycles. The van der Waals surface area contributed by atoms with Crippen LogP contribution in [0.15, 0.2) is 35.5 Å². The number of rotatable bonds is 5. The molecule has 1 aromatic carbocycles. The number of aryl methyl sites for hydroxylation is 1. The Morgan fingerprint density at radius 1 is 1.42 bits per heavy atom. The number of nitrogens with zero attached hydrogens (tertiary/aromatic N) is 1. The van der Waals surface area contributed by atoms with Gasteiger partial charge in [0.1, 0.15) is 5.82 Å². The Labute approximate surface area is 112 Å². The number of sulfonamides is 1. The molecule has 2 rings (SSSR count). The second-order valence-electron chi connectivity index (χ2n) is 4.16. The third kappa shape index (κ3) is 3.19. The molecule has 0 bridgehead atoms. The summed E-state index contributed by atoms with van der Waals surface area (Å²) in [6.45, 7) is 2.18. The third-order valence-electron chi connectivity index (χ3n) is 2.76. The molecule has 0 aliphatic heterocycles. The molecule has 6 nitrogen and oxygen atoms in total. The zero-order valence-corrected chi connectivity index (χ0v) is 11.4. The van der Waals surface area contributed by atoms with E-state index in [1.807, 2.05) is 6.07 Å². The highest BCUT2D eigenvalue weighted by Crippen LogP contribution is 2.17. The minimum absolute atomic E-state index is 0.127. The molecule has 0 unspecified atom stereocenters. The predicted octanol–water partition coefficient (Wildman–Crippen LogP) is 0.655. The van der Waals surface area contributed by atoms with Gasteiger partial charge in [-0.1, -0.05) is 12.1 Å². The summed E-state index contributed by atoms with van der Waals surface area (Å²) < 4.78 is 27.0. The summed E-state index contributed by atoms with van der Waals surface area (Å²) in [4.78, 5) is 7.06. The van der Waals surface area contributed by atoms with Crippen LogP contribution in [0.2, 0.25) is 0 Å². The summed E-state index contributed by atoms with van der Waals surface area (Å²) in [6, 6.07) is 5.17. The van der Waals surface area contributed by atoms with Gasteiger partial charge >= 0.3 is 0 Å². The maximum Gasteiger partial charge on any atom is 0.241 e. The van der Waals surface area contributed by atoms with Crippen LogP contribution in [0, 0.1) is 6.92 Å². The molecule has 0 aliphatic carbocycles. The molecule has 0 spiro atoms. The average molecular weight is 280 g/mol. The zero-order valence-electron chi connectivity index (χ0n) is 10.6. The molecule has 0 saturated carbocycles. The zero-order chi connectivity index (χ0) is 13.9. The first-order valence-electron chi connectivity index (χ1n) is 5.80. The SMILES string of the molecule is Cc1ccc(CN)cc1S(=O)(=O)NCc1ncc[nH]1. The van der Waals surface area contributed by atoms with Crippen molar-refractivity contribution in [2.45, 2.75) is 24.9 Å². The fraction of sp³-hybridized carbons (Fsp3) is 0.250. The van der Waals surface area contributed by atoms with Crippen molar-refractivity contribution in [1.82, 2.24) is 14.7 Å². The van der Waals surface area contributed by atoms with E-state index in [9.17, 15) is 8.42 Å². The van der Waals surface area contributed by atoms with E-state index < -0.39 is 10.0 Å². The van der Waals surface area contributed by atoms with Crippen LogP contribution in [-0.2, 0) is 23.1 Å². The predicted molar refractivity (Wildman–Crippen MR) is 71.7 cm³/mol. The molecule has 0 amide bonds. The van der Waals surface area contributed by atoms with Crippen LogP contribution < -0.4 is 10.5 Å². The lowest BCUT2D eigenvalue weighted by Crippen LogP contribution is -2.24. The summed E-state index contributed by atoms with van der Waals surface area (Å²) >= 11 is 0. The molecule has 0 aliphatic rings. The van der Waals surface area contributed by atoms with E-state index in [0.717, 1.165) is 5.56 Å². The Balaban J connectivity index is 2.23. The molecule has 1 aromatic heterocycles. The van der Waals surface area contributed by atoms with Crippen LogP contribution in [0.3, 0.4) is 0 Å². The lowest BCUT2D eigenvalue weighted by molar-refractivity contribution is 0.579. The van der Waals surface area contributed by atoms with Gasteiger partial charge in [0.15, 0.2) is 0 Å². The lowest BCUT2D eigenvalue weighted by atomic mass is 10.1. The maximum atomic E-state index is 12.2. The van der Waals surface area contributed by atoms with Gasteiger partial charge in [0.05, 0.1) is 11.4 Å². The van der Waals surface area contributed by atoms with Gasteiger partial charge in [-0.15, -0.1) is 0 Å². The Bertz CT molecular complexity index is 650. The summed E-state index contributed by atoms with van der Waals surface area (Å²) in [6.07, 6.45) is 3.22. The number of H-pyrrole nitrogens is 1. The Morgan fingerprint density at radius 2 is 2.21 bits per heavy atom. The van der Waals surface area contributed by atoms with Crippen LogP contribution >= 0.6 is 0 Å². The minimum atomic E-state index is -3.57. The van der Waals surface area contributed by atoms with Gasteiger partial charge in [0.2, 0.25) is 10.0 Å². The van der Waals surface area contributed by atoms with Crippen molar-refractivity contribution in [3.8, 4) is 0 Å². The molecule has 102 valence electrons. The minimum Gasteiger partial charge on any atom is -0.347 e. The van der Waals surface area contributed by atoms with Gasteiger partial charge < -0.3 is 10.7 Å². The number of aromatic nitrogens is 2. The molecular weight excluding hydrogens is 264 g/mol. The first kappa shape index (κ1) is 13.7. The second-order valence-corrected chi connectivity index (χ2v) is 5.90. The molecule has 0 fully saturated rings. The van der Waals surface area contributed by atoms with Gasteiger partial charge in [-0.05, 0) is 24.1 Å². The highest BCUT2D eigenvalue weighted by Gasteiger charge is 2.17. The van der Waals surface area contributed by atoms with Crippen molar-refractivity contribution in [1.29, 1.82) is 0 Å². The van der Waals surface area contributed by atoms with Crippen molar-refractivity contribution in [2.24, 2.45) is 5.73 Å². The molecule has 7 heteroatoms. The molecule has 0 radical (unpaired) electrons. The summed E-state index contributed by atoms with van der Waals surface area (Å²) in [5.41, 5.74) is 7.00. The molecule has 4 N–H and O–H groups in total. The average Bonchev–Trinajstić information content (AvgIpc) is 2.90. The number of benzene rings is 1. The maximum absolute atomic E-state index is 12.2. The van der Waals surface area contributed by atoms with Crippen molar-refractivity contribution < 1.29 is 8.42 Å². The first-order valence-corrected chi connectivity index (χ1v) is 7.29. The van der Waals surface area contributed by atoms with Crippen LogP contribution in [-0.4, -0.2) is 18.4 Å². The van der Waals surface area contributed by atoms with Crippen LogP contribution in [0.1, 0.15) is 17.0 Å². The van der Waals surface area contributed by atoms with E-state index in [2.05, 4.69) is 14.7 Å². The van der Waals surface area contributed by atoms with Gasteiger partial charge in [-0.3, -0.25) is 0 Å². The van der Waals surface area contributed by atoms with Crippen molar-refractivity contribution in [3.63, 3.8) is 0 Å². The Hall–Kier alpha value is -1.70. The number of hydrogen-bond donors (Lipinski definition) is 3. The van der Waals surface area contributed by atoms with Gasteiger partial charge in [-0.2, -0.15) is 0 Å². The standard InChI is InChI=1S/C12H16N4O2S/c1-9-2-3-10(7-13)6-11(9)19(17,18)16-8-12-14-4-5-15-12/h2-6,16H,7-8,13H2,1H3,(H,14,15). The van der Waals surface area contributed by atoms with E-state index in [-0.39, 0.29) is 11.4 Å². The number of imidazole rings is 1. The summed E-state index contributed by atoms with van der Waals surface area (Å²) in [5.74, 6) is 0.566. The van der Waals surface area contributed by atoms with Crippen LogP contribution in [0.5, 0.6) is 0 Å². The Kier molecular flexibility index (Phi) is 3.98. The van der Waals surface area contributed by atoms with Crippen molar-refractivity contribution in [2.75, 3.05) is 0 Å². The van der Waals surface area contributed by atoms with Gasteiger partial charge in [0.25, 0.3) is 0 Å². The smallest absolute Gasteiger partial charge is 0.241 e. The third-order valence-corrected chi connectivity index (χ3v) is 4.31. The van der Waals surface area contributed by atoms with Crippen LogP contribution in [0.4, 0.5) is 0 Å². The van der Waals surface area contributed by atoms with E-state index in [4.69, 9.17) is 5.73 Å². The van der Waals surface area contributed by atoms with Gasteiger partial charge in [0, 0.05) is 18.9 Å². The highest BCUT2D eigenvalue weighted by atomic mass is 32.2. The lowest BCUT2D eigenvalue weighted by Gasteiger charge is -2.10. The highest BCUT2D eigenvalue weighted by molar-refractivity contribution is 7.89. The van der Waals surface area contributed by atoms with E-state index >= 15 is 0 Å².